The summed E-state index contributed by atoms with van der Waals surface area (Å²) in [6, 6.07) is 38.5. The number of thioether (sulfide) groups is 1. The van der Waals surface area contributed by atoms with Crippen molar-refractivity contribution < 1.29 is 19.1 Å². The van der Waals surface area contributed by atoms with Gasteiger partial charge in [0.25, 0.3) is 0 Å². The van der Waals surface area contributed by atoms with E-state index in [2.05, 4.69) is 36.4 Å². The van der Waals surface area contributed by atoms with Crippen molar-refractivity contribution in [2.45, 2.75) is 10.7 Å². The number of carbonyl (C=O) groups excluding carboxylic acids is 2. The highest BCUT2D eigenvalue weighted by Crippen LogP contribution is 2.62. The average Bonchev–Trinajstić information content (AvgIpc) is 2.97. The van der Waals surface area contributed by atoms with Gasteiger partial charge in [-0.3, -0.25) is 0 Å². The van der Waals surface area contributed by atoms with E-state index in [-0.39, 0.29) is 16.4 Å². The zero-order chi connectivity index (χ0) is 25.8. The number of rotatable bonds is 6. The lowest BCUT2D eigenvalue weighted by Crippen LogP contribution is -2.37. The Bertz CT molecular complexity index is 1410. The van der Waals surface area contributed by atoms with Crippen LogP contribution in [0.15, 0.2) is 120 Å². The van der Waals surface area contributed by atoms with E-state index in [1.54, 1.807) is 0 Å². The summed E-state index contributed by atoms with van der Waals surface area (Å²) in [6.07, 6.45) is 0. The van der Waals surface area contributed by atoms with Crippen LogP contribution in [-0.2, 0) is 23.8 Å². The fraction of sp³-hybridized carbons (Fsp3) is 0.125. The second kappa shape index (κ2) is 10.5. The minimum Gasteiger partial charge on any atom is -0.465 e. The minimum absolute atomic E-state index is 0.206. The standard InChI is InChI=1S/C32H26O4S/c1-35-30(33)27-25-20-12-13-21-26(25)32(24-18-10-5-11-19-24,37-29(27)31(34)36-2)28(22-14-6-3-7-15-22)23-16-8-4-9-17-23/h3-21,28H,1-2H3. The second-order valence-corrected chi connectivity index (χ2v) is 9.95. The first-order valence-electron chi connectivity index (χ1n) is 12.0. The van der Waals surface area contributed by atoms with Gasteiger partial charge in [-0.15, -0.1) is 11.8 Å². The number of fused-ring (bicyclic) bond motifs is 1. The largest absolute Gasteiger partial charge is 0.465 e. The van der Waals surface area contributed by atoms with Crippen LogP contribution in [0.2, 0.25) is 0 Å². The molecule has 1 heterocycles. The summed E-state index contributed by atoms with van der Waals surface area (Å²) in [5.41, 5.74) is 5.00. The zero-order valence-corrected chi connectivity index (χ0v) is 21.4. The Morgan fingerprint density at radius 1 is 0.649 bits per heavy atom. The van der Waals surface area contributed by atoms with Gasteiger partial charge in [-0.25, -0.2) is 9.59 Å². The molecule has 0 spiro atoms. The van der Waals surface area contributed by atoms with Gasteiger partial charge >= 0.3 is 11.9 Å². The summed E-state index contributed by atoms with van der Waals surface area (Å²) >= 11 is 1.36. The molecule has 0 N–H and O–H groups in total. The molecule has 5 rings (SSSR count). The lowest BCUT2D eigenvalue weighted by atomic mass is 9.71. The van der Waals surface area contributed by atoms with Crippen LogP contribution < -0.4 is 0 Å². The number of hydrogen-bond donors (Lipinski definition) is 0. The Morgan fingerprint density at radius 3 is 1.68 bits per heavy atom. The van der Waals surface area contributed by atoms with E-state index in [9.17, 15) is 9.59 Å². The van der Waals surface area contributed by atoms with Gasteiger partial charge in [0, 0.05) is 5.92 Å². The predicted octanol–water partition coefficient (Wildman–Crippen LogP) is 6.57. The Kier molecular flexibility index (Phi) is 6.97. The monoisotopic (exact) mass is 506 g/mol. The van der Waals surface area contributed by atoms with Gasteiger partial charge in [0.15, 0.2) is 0 Å². The molecule has 4 aromatic carbocycles. The SMILES string of the molecule is COC(=O)C1=C(C(=O)OC)c2ccccc2C(c2ccccc2)(C(c2ccccc2)c2ccccc2)S1. The molecule has 1 aliphatic rings. The molecule has 0 saturated heterocycles. The molecule has 0 bridgehead atoms. The molecule has 4 nitrogen and oxygen atoms in total. The molecular formula is C32H26O4S. The van der Waals surface area contributed by atoms with Crippen LogP contribution in [0.25, 0.3) is 5.57 Å². The molecule has 1 aliphatic heterocycles. The topological polar surface area (TPSA) is 52.6 Å². The number of carbonyl (C=O) groups is 2. The fourth-order valence-electron chi connectivity index (χ4n) is 5.19. The highest BCUT2D eigenvalue weighted by Gasteiger charge is 2.51. The number of ether oxygens (including phenoxy) is 2. The normalized spacial score (nSPS) is 16.7. The van der Waals surface area contributed by atoms with E-state index in [0.717, 1.165) is 22.3 Å². The first kappa shape index (κ1) is 24.6. The van der Waals surface area contributed by atoms with E-state index in [1.807, 2.05) is 78.9 Å². The van der Waals surface area contributed by atoms with Crippen LogP contribution >= 0.6 is 11.8 Å². The number of esters is 2. The summed E-state index contributed by atoms with van der Waals surface area (Å²) in [7, 11) is 2.66. The van der Waals surface area contributed by atoms with Crippen LogP contribution in [0.4, 0.5) is 0 Å². The van der Waals surface area contributed by atoms with Crippen molar-refractivity contribution in [1.82, 2.24) is 0 Å². The van der Waals surface area contributed by atoms with Crippen molar-refractivity contribution in [2.24, 2.45) is 0 Å². The predicted molar refractivity (Wildman–Crippen MR) is 147 cm³/mol. The Morgan fingerprint density at radius 2 is 1.14 bits per heavy atom. The van der Waals surface area contributed by atoms with Crippen LogP contribution in [0, 0.1) is 0 Å². The van der Waals surface area contributed by atoms with Gasteiger partial charge in [-0.1, -0.05) is 115 Å². The number of hydrogen-bond acceptors (Lipinski definition) is 5. The number of benzene rings is 4. The molecule has 0 radical (unpaired) electrons. The highest BCUT2D eigenvalue weighted by molar-refractivity contribution is 8.05. The molecule has 1 unspecified atom stereocenters. The Hall–Kier alpha value is -4.09. The van der Waals surface area contributed by atoms with Crippen molar-refractivity contribution in [1.29, 1.82) is 0 Å². The van der Waals surface area contributed by atoms with Gasteiger partial charge in [0.1, 0.15) is 4.91 Å². The van der Waals surface area contributed by atoms with E-state index in [4.69, 9.17) is 9.47 Å². The minimum atomic E-state index is -0.804. The van der Waals surface area contributed by atoms with E-state index in [0.29, 0.717) is 5.56 Å². The summed E-state index contributed by atoms with van der Waals surface area (Å²) < 4.78 is 9.58. The van der Waals surface area contributed by atoms with Crippen LogP contribution in [0.3, 0.4) is 0 Å². The molecule has 0 fully saturated rings. The summed E-state index contributed by atoms with van der Waals surface area (Å²) in [6.45, 7) is 0. The Balaban J connectivity index is 1.94. The molecule has 4 aromatic rings. The third-order valence-electron chi connectivity index (χ3n) is 6.72. The molecule has 37 heavy (non-hydrogen) atoms. The maximum Gasteiger partial charge on any atom is 0.345 e. The van der Waals surface area contributed by atoms with Crippen LogP contribution in [-0.4, -0.2) is 26.2 Å². The lowest BCUT2D eigenvalue weighted by Gasteiger charge is -2.45. The van der Waals surface area contributed by atoms with Crippen LogP contribution in [0.5, 0.6) is 0 Å². The molecule has 0 aromatic heterocycles. The van der Waals surface area contributed by atoms with E-state index < -0.39 is 16.7 Å². The second-order valence-electron chi connectivity index (χ2n) is 8.69. The van der Waals surface area contributed by atoms with Gasteiger partial charge in [-0.05, 0) is 27.8 Å². The van der Waals surface area contributed by atoms with Gasteiger partial charge in [0.2, 0.25) is 0 Å². The van der Waals surface area contributed by atoms with Crippen molar-refractivity contribution in [3.8, 4) is 0 Å². The number of methoxy groups -OCH3 is 2. The maximum atomic E-state index is 13.3. The molecule has 1 atom stereocenters. The quantitative estimate of drug-likeness (QED) is 0.277. The fourth-order valence-corrected chi connectivity index (χ4v) is 6.91. The molecule has 0 amide bonds. The first-order valence-corrected chi connectivity index (χ1v) is 12.8. The average molecular weight is 507 g/mol. The van der Waals surface area contributed by atoms with Crippen molar-refractivity contribution >= 4 is 29.3 Å². The van der Waals surface area contributed by atoms with Gasteiger partial charge in [-0.2, -0.15) is 0 Å². The van der Waals surface area contributed by atoms with Gasteiger partial charge in [0.05, 0.1) is 24.5 Å². The van der Waals surface area contributed by atoms with E-state index in [1.165, 1.54) is 26.0 Å². The van der Waals surface area contributed by atoms with Crippen molar-refractivity contribution in [2.75, 3.05) is 14.2 Å². The maximum absolute atomic E-state index is 13.3. The van der Waals surface area contributed by atoms with Crippen molar-refractivity contribution in [3.63, 3.8) is 0 Å². The first-order chi connectivity index (χ1) is 18.1. The Labute approximate surface area is 221 Å². The summed E-state index contributed by atoms with van der Waals surface area (Å²) in [5.74, 6) is -1.35. The molecule has 0 saturated carbocycles. The third kappa shape index (κ3) is 4.25. The molecule has 184 valence electrons. The summed E-state index contributed by atoms with van der Waals surface area (Å²) in [5, 5.41) is 0. The lowest BCUT2D eigenvalue weighted by molar-refractivity contribution is -0.137. The third-order valence-corrected chi connectivity index (χ3v) is 8.31. The molecular weight excluding hydrogens is 480 g/mol. The molecule has 0 aliphatic carbocycles. The van der Waals surface area contributed by atoms with Crippen molar-refractivity contribution in [3.05, 3.63) is 148 Å². The summed E-state index contributed by atoms with van der Waals surface area (Å²) in [4.78, 5) is 26.7. The molecule has 5 heteroatoms. The van der Waals surface area contributed by atoms with Gasteiger partial charge < -0.3 is 9.47 Å². The van der Waals surface area contributed by atoms with E-state index >= 15 is 0 Å². The van der Waals surface area contributed by atoms with Crippen LogP contribution in [0.1, 0.15) is 33.7 Å². The zero-order valence-electron chi connectivity index (χ0n) is 20.6. The smallest absolute Gasteiger partial charge is 0.345 e. The highest BCUT2D eigenvalue weighted by atomic mass is 32.2.